The molecular weight excluding hydrogens is 350 g/mol. The maximum Gasteiger partial charge on any atom is 0.252 e. The number of ether oxygens (including phenoxy) is 1. The van der Waals surface area contributed by atoms with Crippen LogP contribution in [0, 0.1) is 0 Å². The van der Waals surface area contributed by atoms with Crippen LogP contribution in [0.2, 0.25) is 5.02 Å². The zero-order chi connectivity index (χ0) is 18.4. The summed E-state index contributed by atoms with van der Waals surface area (Å²) in [6.45, 7) is 2.65. The molecule has 26 heavy (non-hydrogen) atoms. The molecule has 1 aliphatic heterocycles. The van der Waals surface area contributed by atoms with Crippen LogP contribution in [0.25, 0.3) is 0 Å². The van der Waals surface area contributed by atoms with Crippen molar-refractivity contribution >= 4 is 17.5 Å². The highest BCUT2D eigenvalue weighted by atomic mass is 35.5. The van der Waals surface area contributed by atoms with Crippen molar-refractivity contribution in [1.29, 1.82) is 0 Å². The first-order valence-corrected chi connectivity index (χ1v) is 9.33. The first-order valence-electron chi connectivity index (χ1n) is 8.95. The SMILES string of the molecule is COc1ccc(C(=O)NCC(c2ccc(Cl)cc2)N2CCCCC2)cn1. The Balaban J connectivity index is 1.70. The van der Waals surface area contributed by atoms with Crippen LogP contribution in [0.15, 0.2) is 42.6 Å². The highest BCUT2D eigenvalue weighted by Crippen LogP contribution is 2.25. The van der Waals surface area contributed by atoms with E-state index >= 15 is 0 Å². The largest absolute Gasteiger partial charge is 0.481 e. The molecule has 0 aliphatic carbocycles. The molecular formula is C20H24ClN3O2. The summed E-state index contributed by atoms with van der Waals surface area (Å²) >= 11 is 6.03. The van der Waals surface area contributed by atoms with Crippen molar-refractivity contribution < 1.29 is 9.53 Å². The van der Waals surface area contributed by atoms with E-state index in [1.165, 1.54) is 31.0 Å². The first-order chi connectivity index (χ1) is 12.7. The van der Waals surface area contributed by atoms with Gasteiger partial charge in [-0.25, -0.2) is 4.98 Å². The summed E-state index contributed by atoms with van der Waals surface area (Å²) in [6.07, 6.45) is 5.20. The minimum atomic E-state index is -0.129. The zero-order valence-corrected chi connectivity index (χ0v) is 15.7. The summed E-state index contributed by atoms with van der Waals surface area (Å²) in [5.41, 5.74) is 1.70. The highest BCUT2D eigenvalue weighted by molar-refractivity contribution is 6.30. The van der Waals surface area contributed by atoms with E-state index in [1.807, 2.05) is 24.3 Å². The van der Waals surface area contributed by atoms with E-state index in [2.05, 4.69) is 15.2 Å². The quantitative estimate of drug-likeness (QED) is 0.838. The lowest BCUT2D eigenvalue weighted by Gasteiger charge is -2.35. The number of carbonyl (C=O) groups excluding carboxylic acids is 1. The highest BCUT2D eigenvalue weighted by Gasteiger charge is 2.23. The fourth-order valence-electron chi connectivity index (χ4n) is 3.30. The molecule has 5 nitrogen and oxygen atoms in total. The Morgan fingerprint density at radius 3 is 2.54 bits per heavy atom. The molecule has 1 fully saturated rings. The summed E-state index contributed by atoms with van der Waals surface area (Å²) in [5.74, 6) is 0.366. The van der Waals surface area contributed by atoms with Crippen molar-refractivity contribution in [3.05, 3.63) is 58.7 Å². The fraction of sp³-hybridized carbons (Fsp3) is 0.400. The average molecular weight is 374 g/mol. The Bertz CT molecular complexity index is 713. The van der Waals surface area contributed by atoms with Gasteiger partial charge in [-0.15, -0.1) is 0 Å². The molecule has 3 rings (SSSR count). The number of aromatic nitrogens is 1. The van der Waals surface area contributed by atoms with E-state index in [-0.39, 0.29) is 11.9 Å². The minimum Gasteiger partial charge on any atom is -0.481 e. The number of carbonyl (C=O) groups is 1. The number of hydrogen-bond acceptors (Lipinski definition) is 4. The number of pyridine rings is 1. The number of hydrogen-bond donors (Lipinski definition) is 1. The summed E-state index contributed by atoms with van der Waals surface area (Å²) in [5, 5.41) is 3.77. The molecule has 138 valence electrons. The number of amides is 1. The molecule has 0 spiro atoms. The van der Waals surface area contributed by atoms with Crippen LogP contribution in [-0.2, 0) is 0 Å². The van der Waals surface area contributed by atoms with Gasteiger partial charge in [0.2, 0.25) is 5.88 Å². The van der Waals surface area contributed by atoms with Crippen LogP contribution in [0.4, 0.5) is 0 Å². The van der Waals surface area contributed by atoms with E-state index in [0.717, 1.165) is 18.1 Å². The van der Waals surface area contributed by atoms with E-state index in [0.29, 0.717) is 18.0 Å². The van der Waals surface area contributed by atoms with Crippen LogP contribution in [0.1, 0.15) is 41.2 Å². The van der Waals surface area contributed by atoms with Crippen LogP contribution in [-0.4, -0.2) is 42.5 Å². The van der Waals surface area contributed by atoms with Crippen molar-refractivity contribution in [2.24, 2.45) is 0 Å². The van der Waals surface area contributed by atoms with Gasteiger partial charge in [0.25, 0.3) is 5.91 Å². The lowest BCUT2D eigenvalue weighted by molar-refractivity contribution is 0.0924. The van der Waals surface area contributed by atoms with Crippen molar-refractivity contribution in [1.82, 2.24) is 15.2 Å². The number of nitrogens with zero attached hydrogens (tertiary/aromatic N) is 2. The smallest absolute Gasteiger partial charge is 0.252 e. The maximum absolute atomic E-state index is 12.5. The van der Waals surface area contributed by atoms with Gasteiger partial charge in [-0.1, -0.05) is 30.2 Å². The van der Waals surface area contributed by atoms with E-state index in [4.69, 9.17) is 16.3 Å². The molecule has 1 atom stereocenters. The summed E-state index contributed by atoms with van der Waals surface area (Å²) in [7, 11) is 1.55. The predicted octanol–water partition coefficient (Wildman–Crippen LogP) is 3.70. The number of halogens is 1. The Morgan fingerprint density at radius 2 is 1.92 bits per heavy atom. The second-order valence-corrected chi connectivity index (χ2v) is 6.90. The third-order valence-corrected chi connectivity index (χ3v) is 5.00. The number of nitrogens with one attached hydrogen (secondary N) is 1. The number of likely N-dealkylation sites (tertiary alicyclic amines) is 1. The maximum atomic E-state index is 12.5. The van der Waals surface area contributed by atoms with Crippen LogP contribution in [0.3, 0.4) is 0 Å². The topological polar surface area (TPSA) is 54.5 Å². The number of rotatable bonds is 6. The number of piperidine rings is 1. The van der Waals surface area contributed by atoms with E-state index in [9.17, 15) is 4.79 Å². The van der Waals surface area contributed by atoms with Crippen molar-refractivity contribution in [3.8, 4) is 5.88 Å². The minimum absolute atomic E-state index is 0.129. The third kappa shape index (κ3) is 4.74. The van der Waals surface area contributed by atoms with Gasteiger partial charge in [0.15, 0.2) is 0 Å². The Hall–Kier alpha value is -2.11. The van der Waals surface area contributed by atoms with Crippen LogP contribution >= 0.6 is 11.6 Å². The first kappa shape index (κ1) is 18.7. The monoisotopic (exact) mass is 373 g/mol. The number of benzene rings is 1. The predicted molar refractivity (Wildman–Crippen MR) is 103 cm³/mol. The molecule has 1 aliphatic rings. The van der Waals surface area contributed by atoms with Gasteiger partial charge in [0, 0.05) is 23.8 Å². The standard InChI is InChI=1S/C20H24ClN3O2/c1-26-19-10-7-16(13-22-19)20(25)23-14-18(24-11-3-2-4-12-24)15-5-8-17(21)9-6-15/h5-10,13,18H,2-4,11-12,14H2,1H3,(H,23,25). The van der Waals surface area contributed by atoms with Crippen LogP contribution in [0.5, 0.6) is 5.88 Å². The Kier molecular flexibility index (Phi) is 6.47. The molecule has 1 amide bonds. The molecule has 0 radical (unpaired) electrons. The van der Waals surface area contributed by atoms with E-state index < -0.39 is 0 Å². The van der Waals surface area contributed by atoms with Gasteiger partial charge >= 0.3 is 0 Å². The van der Waals surface area contributed by atoms with Gasteiger partial charge in [0.1, 0.15) is 0 Å². The average Bonchev–Trinajstić information content (AvgIpc) is 2.70. The molecule has 1 N–H and O–H groups in total. The molecule has 1 saturated heterocycles. The van der Waals surface area contributed by atoms with Crippen molar-refractivity contribution in [3.63, 3.8) is 0 Å². The lowest BCUT2D eigenvalue weighted by Crippen LogP contribution is -2.40. The molecule has 1 unspecified atom stereocenters. The van der Waals surface area contributed by atoms with Gasteiger partial charge in [-0.05, 0) is 49.7 Å². The molecule has 0 bridgehead atoms. The Morgan fingerprint density at radius 1 is 1.19 bits per heavy atom. The van der Waals surface area contributed by atoms with Gasteiger partial charge in [-0.3, -0.25) is 9.69 Å². The molecule has 1 aromatic heterocycles. The Labute approximate surface area is 159 Å². The van der Waals surface area contributed by atoms with Crippen LogP contribution < -0.4 is 10.1 Å². The summed E-state index contributed by atoms with van der Waals surface area (Å²) < 4.78 is 5.03. The van der Waals surface area contributed by atoms with E-state index in [1.54, 1.807) is 19.2 Å². The third-order valence-electron chi connectivity index (χ3n) is 4.75. The number of methoxy groups -OCH3 is 1. The van der Waals surface area contributed by atoms with Gasteiger partial charge < -0.3 is 10.1 Å². The molecule has 2 heterocycles. The lowest BCUT2D eigenvalue weighted by atomic mass is 10.0. The van der Waals surface area contributed by atoms with Crippen molar-refractivity contribution in [2.45, 2.75) is 25.3 Å². The van der Waals surface area contributed by atoms with Gasteiger partial charge in [0.05, 0.1) is 18.7 Å². The normalized spacial score (nSPS) is 16.1. The molecule has 2 aromatic rings. The second-order valence-electron chi connectivity index (χ2n) is 6.46. The summed E-state index contributed by atoms with van der Waals surface area (Å²) in [4.78, 5) is 19.0. The molecule has 0 saturated carbocycles. The zero-order valence-electron chi connectivity index (χ0n) is 15.0. The van der Waals surface area contributed by atoms with Crippen molar-refractivity contribution in [2.75, 3.05) is 26.7 Å². The van der Waals surface area contributed by atoms with Gasteiger partial charge in [-0.2, -0.15) is 0 Å². The molecule has 6 heteroatoms. The fourth-order valence-corrected chi connectivity index (χ4v) is 3.43. The second kappa shape index (κ2) is 9.01. The summed E-state index contributed by atoms with van der Waals surface area (Å²) in [6, 6.07) is 11.5. The molecule has 1 aromatic carbocycles.